The first kappa shape index (κ1) is 13.0. The third-order valence-electron chi connectivity index (χ3n) is 1.36. The Morgan fingerprint density at radius 2 is 1.71 bits per heavy atom. The Labute approximate surface area is 103 Å². The van der Waals surface area contributed by atoms with Gasteiger partial charge in [-0.15, -0.1) is 0 Å². The van der Waals surface area contributed by atoms with E-state index in [2.05, 4.69) is 4.99 Å². The van der Waals surface area contributed by atoms with E-state index in [0.29, 0.717) is 5.69 Å². The fourth-order valence-electron chi connectivity index (χ4n) is 0.821. The number of nitrogens with zero attached hydrogens (tertiary/aromatic N) is 1. The molecule has 0 saturated carbocycles. The van der Waals surface area contributed by atoms with Crippen molar-refractivity contribution >= 4 is 17.6 Å². The van der Waals surface area contributed by atoms with Gasteiger partial charge in [-0.1, -0.05) is 12.1 Å². The molecule has 4 N–H and O–H groups in total. The molecule has 68 valence electrons. The summed E-state index contributed by atoms with van der Waals surface area (Å²) in [6.07, 6.45) is 0. The van der Waals surface area contributed by atoms with Crippen molar-refractivity contribution in [3.63, 3.8) is 0 Å². The van der Waals surface area contributed by atoms with Crippen LogP contribution in [0.5, 0.6) is 0 Å². The minimum atomic E-state index is -1.23. The molecule has 1 aromatic carbocycles. The monoisotopic (exact) mass is 201 g/mol. The number of carbonyl (C=O) groups is 1. The zero-order valence-electron chi connectivity index (χ0n) is 7.73. The van der Waals surface area contributed by atoms with Crippen LogP contribution in [0.25, 0.3) is 0 Å². The Morgan fingerprint density at radius 3 is 2.07 bits per heavy atom. The number of carbonyl (C=O) groups excluding carboxylic acids is 1. The van der Waals surface area contributed by atoms with Crippen LogP contribution >= 0.6 is 0 Å². The molecule has 1 rings (SSSR count). The average Bonchev–Trinajstić information content (AvgIpc) is 2.04. The number of guanidine groups is 1. The number of aliphatic imine (C=N–C) groups is 1. The molecular weight excluding hydrogens is 193 g/mol. The predicted octanol–water partition coefficient (Wildman–Crippen LogP) is -4.04. The van der Waals surface area contributed by atoms with Crippen LogP contribution in [-0.2, 0) is 0 Å². The van der Waals surface area contributed by atoms with Crippen molar-refractivity contribution in [2.45, 2.75) is 0 Å². The summed E-state index contributed by atoms with van der Waals surface area (Å²) in [6, 6.07) is 5.73. The van der Waals surface area contributed by atoms with Gasteiger partial charge in [0.15, 0.2) is 5.96 Å². The summed E-state index contributed by atoms with van der Waals surface area (Å²) in [5.74, 6) is -1.29. The molecular formula is C8H8N3NaO2. The van der Waals surface area contributed by atoms with Crippen molar-refractivity contribution in [2.24, 2.45) is 16.5 Å². The number of hydrogen-bond acceptors (Lipinski definition) is 3. The quantitative estimate of drug-likeness (QED) is 0.288. The van der Waals surface area contributed by atoms with Gasteiger partial charge in [0.2, 0.25) is 0 Å². The van der Waals surface area contributed by atoms with Gasteiger partial charge in [0.1, 0.15) is 0 Å². The second-order valence-electron chi connectivity index (χ2n) is 2.37. The van der Waals surface area contributed by atoms with Gasteiger partial charge in [-0.2, -0.15) is 0 Å². The number of hydrogen-bond donors (Lipinski definition) is 2. The smallest absolute Gasteiger partial charge is 0.545 e. The maximum atomic E-state index is 10.3. The van der Waals surface area contributed by atoms with E-state index in [1.54, 1.807) is 0 Å². The minimum Gasteiger partial charge on any atom is -0.545 e. The number of benzene rings is 1. The van der Waals surface area contributed by atoms with Crippen LogP contribution in [0.3, 0.4) is 0 Å². The fraction of sp³-hybridized carbons (Fsp3) is 0. The Morgan fingerprint density at radius 1 is 1.21 bits per heavy atom. The van der Waals surface area contributed by atoms with Crippen molar-refractivity contribution in [3.8, 4) is 0 Å². The molecule has 0 fully saturated rings. The molecule has 1 aromatic rings. The number of nitrogens with two attached hydrogens (primary N) is 2. The Balaban J connectivity index is 0.00000169. The first-order valence-electron chi connectivity index (χ1n) is 3.50. The topological polar surface area (TPSA) is 105 Å². The fourth-order valence-corrected chi connectivity index (χ4v) is 0.821. The van der Waals surface area contributed by atoms with Crippen LogP contribution < -0.4 is 46.1 Å². The third kappa shape index (κ3) is 3.78. The minimum absolute atomic E-state index is 0. The van der Waals surface area contributed by atoms with Crippen LogP contribution in [0.2, 0.25) is 0 Å². The number of rotatable bonds is 2. The molecule has 0 aromatic heterocycles. The molecule has 0 unspecified atom stereocenters. The summed E-state index contributed by atoms with van der Waals surface area (Å²) < 4.78 is 0. The van der Waals surface area contributed by atoms with E-state index in [-0.39, 0.29) is 41.1 Å². The van der Waals surface area contributed by atoms with E-state index >= 15 is 0 Å². The summed E-state index contributed by atoms with van der Waals surface area (Å²) in [5, 5.41) is 10.3. The van der Waals surface area contributed by atoms with Gasteiger partial charge in [0.05, 0.1) is 11.7 Å². The zero-order valence-corrected chi connectivity index (χ0v) is 9.73. The summed E-state index contributed by atoms with van der Waals surface area (Å²) in [6.45, 7) is 0. The SMILES string of the molecule is NC(N)=Nc1ccc(C(=O)[O-])cc1.[Na+]. The number of aromatic carboxylic acids is 1. The molecule has 0 aliphatic rings. The summed E-state index contributed by atoms with van der Waals surface area (Å²) in [7, 11) is 0. The van der Waals surface area contributed by atoms with E-state index in [4.69, 9.17) is 11.5 Å². The molecule has 0 radical (unpaired) electrons. The van der Waals surface area contributed by atoms with E-state index < -0.39 is 5.97 Å². The standard InChI is InChI=1S/C8H9N3O2.Na/c9-8(10)11-6-3-1-5(2-4-6)7(12)13;/h1-4H,(H,12,13)(H4,9,10,11);/q;+1/p-1. The van der Waals surface area contributed by atoms with Crippen molar-refractivity contribution in [1.29, 1.82) is 0 Å². The van der Waals surface area contributed by atoms with Crippen molar-refractivity contribution < 1.29 is 39.5 Å². The molecule has 0 spiro atoms. The van der Waals surface area contributed by atoms with Gasteiger partial charge >= 0.3 is 29.6 Å². The molecule has 0 aliphatic heterocycles. The molecule has 0 bridgehead atoms. The van der Waals surface area contributed by atoms with Crippen molar-refractivity contribution in [1.82, 2.24) is 0 Å². The summed E-state index contributed by atoms with van der Waals surface area (Å²) >= 11 is 0. The third-order valence-corrected chi connectivity index (χ3v) is 1.36. The van der Waals surface area contributed by atoms with Gasteiger partial charge in [-0.3, -0.25) is 0 Å². The maximum Gasteiger partial charge on any atom is 1.00 e. The molecule has 14 heavy (non-hydrogen) atoms. The molecule has 0 amide bonds. The molecule has 0 aliphatic carbocycles. The van der Waals surface area contributed by atoms with Crippen LogP contribution in [0, 0.1) is 0 Å². The van der Waals surface area contributed by atoms with Gasteiger partial charge in [0.25, 0.3) is 0 Å². The first-order valence-corrected chi connectivity index (χ1v) is 3.50. The van der Waals surface area contributed by atoms with E-state index in [1.165, 1.54) is 24.3 Å². The number of carboxylic acids is 1. The molecule has 0 heterocycles. The maximum absolute atomic E-state index is 10.3. The van der Waals surface area contributed by atoms with E-state index in [1.807, 2.05) is 0 Å². The second kappa shape index (κ2) is 5.64. The Hall–Kier alpha value is -1.04. The molecule has 6 heteroatoms. The molecule has 5 nitrogen and oxygen atoms in total. The zero-order chi connectivity index (χ0) is 9.84. The average molecular weight is 201 g/mol. The predicted molar refractivity (Wildman–Crippen MR) is 46.2 cm³/mol. The van der Waals surface area contributed by atoms with Crippen LogP contribution in [0.1, 0.15) is 10.4 Å². The Bertz CT molecular complexity index is 344. The first-order chi connectivity index (χ1) is 6.09. The largest absolute Gasteiger partial charge is 1.00 e. The summed E-state index contributed by atoms with van der Waals surface area (Å²) in [5.41, 5.74) is 10.8. The van der Waals surface area contributed by atoms with Crippen LogP contribution in [0.15, 0.2) is 29.3 Å². The van der Waals surface area contributed by atoms with Crippen LogP contribution in [0.4, 0.5) is 5.69 Å². The van der Waals surface area contributed by atoms with Gasteiger partial charge in [0, 0.05) is 0 Å². The van der Waals surface area contributed by atoms with Gasteiger partial charge in [-0.05, 0) is 17.7 Å². The normalized spacial score (nSPS) is 8.57. The van der Waals surface area contributed by atoms with Gasteiger partial charge in [-0.25, -0.2) is 4.99 Å². The second-order valence-corrected chi connectivity index (χ2v) is 2.37. The van der Waals surface area contributed by atoms with Crippen LogP contribution in [-0.4, -0.2) is 11.9 Å². The summed E-state index contributed by atoms with van der Waals surface area (Å²) in [4.78, 5) is 14.1. The molecule has 0 atom stereocenters. The van der Waals surface area contributed by atoms with Crippen molar-refractivity contribution in [3.05, 3.63) is 29.8 Å². The van der Waals surface area contributed by atoms with Crippen molar-refractivity contribution in [2.75, 3.05) is 0 Å². The Kier molecular flexibility index (Phi) is 5.22. The number of carboxylic acid groups (broad SMARTS) is 1. The molecule has 0 saturated heterocycles. The van der Waals surface area contributed by atoms with E-state index in [0.717, 1.165) is 0 Å². The van der Waals surface area contributed by atoms with Gasteiger partial charge < -0.3 is 21.4 Å². The van der Waals surface area contributed by atoms with E-state index in [9.17, 15) is 9.90 Å².